The van der Waals surface area contributed by atoms with Gasteiger partial charge in [0.1, 0.15) is 16.8 Å². The summed E-state index contributed by atoms with van der Waals surface area (Å²) in [6, 6.07) is 10.3. The summed E-state index contributed by atoms with van der Waals surface area (Å²) in [5.74, 6) is -0.503. The zero-order valence-corrected chi connectivity index (χ0v) is 12.5. The summed E-state index contributed by atoms with van der Waals surface area (Å²) in [6.07, 6.45) is 0. The van der Waals surface area contributed by atoms with E-state index >= 15 is 0 Å². The van der Waals surface area contributed by atoms with Crippen LogP contribution in [0.4, 0.5) is 10.6 Å². The Morgan fingerprint density at radius 1 is 1.22 bits per heavy atom. The van der Waals surface area contributed by atoms with Gasteiger partial charge >= 0.3 is 6.03 Å². The maximum atomic E-state index is 11.7. The van der Waals surface area contributed by atoms with Crippen molar-refractivity contribution in [2.45, 2.75) is 0 Å². The van der Waals surface area contributed by atoms with E-state index in [2.05, 4.69) is 16.4 Å². The number of anilines is 1. The van der Waals surface area contributed by atoms with Crippen LogP contribution in [-0.2, 0) is 0 Å². The van der Waals surface area contributed by atoms with E-state index in [0.717, 1.165) is 10.4 Å². The Bertz CT molecular complexity index is 980. The second-order valence-electron chi connectivity index (χ2n) is 4.76. The van der Waals surface area contributed by atoms with Gasteiger partial charge in [-0.1, -0.05) is 12.1 Å². The maximum absolute atomic E-state index is 11.7. The summed E-state index contributed by atoms with van der Waals surface area (Å²) in [7, 11) is 0. The molecule has 0 radical (unpaired) electrons. The molecule has 0 spiro atoms. The van der Waals surface area contributed by atoms with Crippen molar-refractivity contribution in [1.82, 2.24) is 4.98 Å². The third kappa shape index (κ3) is 2.61. The van der Waals surface area contributed by atoms with E-state index in [0.29, 0.717) is 15.8 Å². The molecule has 0 saturated carbocycles. The fourth-order valence-electron chi connectivity index (χ4n) is 2.38. The molecular weight excluding hydrogens is 314 g/mol. The minimum atomic E-state index is -0.795. The topological polar surface area (TPSA) is 138 Å². The van der Waals surface area contributed by atoms with Crippen LogP contribution in [0.1, 0.15) is 15.2 Å². The zero-order valence-electron chi connectivity index (χ0n) is 11.7. The lowest BCUT2D eigenvalue weighted by atomic mass is 10.1. The molecule has 2 aromatic heterocycles. The predicted octanol–water partition coefficient (Wildman–Crippen LogP) is 2.36. The predicted molar refractivity (Wildman–Crippen MR) is 88.1 cm³/mol. The Morgan fingerprint density at radius 3 is 2.61 bits per heavy atom. The van der Waals surface area contributed by atoms with Crippen molar-refractivity contribution < 1.29 is 9.59 Å². The van der Waals surface area contributed by atoms with E-state index in [-0.39, 0.29) is 11.4 Å². The van der Waals surface area contributed by atoms with Crippen LogP contribution < -0.4 is 16.8 Å². The van der Waals surface area contributed by atoms with Crippen LogP contribution in [0.5, 0.6) is 0 Å². The molecule has 3 rings (SSSR count). The van der Waals surface area contributed by atoms with Crippen LogP contribution in [0, 0.1) is 11.3 Å². The normalized spacial score (nSPS) is 10.4. The van der Waals surface area contributed by atoms with Gasteiger partial charge in [0.05, 0.1) is 5.56 Å². The van der Waals surface area contributed by atoms with Gasteiger partial charge in [-0.15, -0.1) is 11.3 Å². The van der Waals surface area contributed by atoms with Gasteiger partial charge in [-0.25, -0.2) is 4.79 Å². The standard InChI is InChI=1S/C15H11N5O2S/c16-6-8-2-4-11(23-8)7-1-3-9-10(5-7)19-14(20-15(18)22)12(9)13(17)21/h1-5,19H,(H2,17,21)(H3,18,20,22). The average molecular weight is 325 g/mol. The minimum Gasteiger partial charge on any atom is -0.365 e. The molecule has 0 saturated heterocycles. The molecule has 0 aliphatic rings. The van der Waals surface area contributed by atoms with Crippen molar-refractivity contribution in [3.63, 3.8) is 0 Å². The van der Waals surface area contributed by atoms with E-state index in [1.54, 1.807) is 12.1 Å². The van der Waals surface area contributed by atoms with Gasteiger partial charge in [-0.2, -0.15) is 5.26 Å². The number of H-pyrrole nitrogens is 1. The molecule has 7 nitrogen and oxygen atoms in total. The highest BCUT2D eigenvalue weighted by molar-refractivity contribution is 7.16. The van der Waals surface area contributed by atoms with E-state index in [4.69, 9.17) is 16.7 Å². The number of nitrogens with two attached hydrogens (primary N) is 2. The van der Waals surface area contributed by atoms with E-state index in [1.165, 1.54) is 11.3 Å². The molecule has 23 heavy (non-hydrogen) atoms. The molecule has 3 aromatic rings. The SMILES string of the molecule is N#Cc1ccc(-c2ccc3c(C(N)=O)c(NC(N)=O)[nH]c3c2)s1. The van der Waals surface area contributed by atoms with Crippen LogP contribution in [0.2, 0.25) is 0 Å². The van der Waals surface area contributed by atoms with Gasteiger partial charge in [0.15, 0.2) is 0 Å². The number of nitriles is 1. The first kappa shape index (κ1) is 14.6. The van der Waals surface area contributed by atoms with Gasteiger partial charge in [0.2, 0.25) is 0 Å². The monoisotopic (exact) mass is 325 g/mol. The number of nitrogens with one attached hydrogen (secondary N) is 2. The second kappa shape index (κ2) is 5.47. The van der Waals surface area contributed by atoms with Crippen LogP contribution in [0.3, 0.4) is 0 Å². The molecule has 0 fully saturated rings. The summed E-state index contributed by atoms with van der Waals surface area (Å²) < 4.78 is 0. The van der Waals surface area contributed by atoms with Crippen LogP contribution in [-0.4, -0.2) is 16.9 Å². The Hall–Kier alpha value is -3.31. The molecule has 2 heterocycles. The molecular formula is C15H11N5O2S. The highest BCUT2D eigenvalue weighted by Gasteiger charge is 2.18. The van der Waals surface area contributed by atoms with Crippen molar-refractivity contribution >= 4 is 40.0 Å². The van der Waals surface area contributed by atoms with E-state index < -0.39 is 11.9 Å². The molecule has 114 valence electrons. The lowest BCUT2D eigenvalue weighted by Gasteiger charge is -2.00. The number of urea groups is 1. The summed E-state index contributed by atoms with van der Waals surface area (Å²) in [4.78, 5) is 27.2. The van der Waals surface area contributed by atoms with Crippen molar-refractivity contribution in [2.75, 3.05) is 5.32 Å². The summed E-state index contributed by atoms with van der Waals surface area (Å²) in [6.45, 7) is 0. The highest BCUT2D eigenvalue weighted by atomic mass is 32.1. The van der Waals surface area contributed by atoms with Crippen molar-refractivity contribution in [2.24, 2.45) is 11.5 Å². The first-order chi connectivity index (χ1) is 11.0. The lowest BCUT2D eigenvalue weighted by molar-refractivity contribution is 0.100. The first-order valence-electron chi connectivity index (χ1n) is 6.52. The fourth-order valence-corrected chi connectivity index (χ4v) is 3.18. The maximum Gasteiger partial charge on any atom is 0.317 e. The third-order valence-electron chi connectivity index (χ3n) is 3.29. The summed E-state index contributed by atoms with van der Waals surface area (Å²) >= 11 is 1.37. The Kier molecular flexibility index (Phi) is 3.48. The number of rotatable bonds is 3. The number of carbonyl (C=O) groups excluding carboxylic acids is 2. The number of thiophene rings is 1. The van der Waals surface area contributed by atoms with Crippen molar-refractivity contribution in [3.8, 4) is 16.5 Å². The third-order valence-corrected chi connectivity index (χ3v) is 4.33. The Labute approximate surface area is 134 Å². The number of hydrogen-bond donors (Lipinski definition) is 4. The zero-order chi connectivity index (χ0) is 16.6. The molecule has 6 N–H and O–H groups in total. The lowest BCUT2D eigenvalue weighted by Crippen LogP contribution is -2.22. The number of aromatic nitrogens is 1. The molecule has 0 aliphatic heterocycles. The highest BCUT2D eigenvalue weighted by Crippen LogP contribution is 2.33. The fraction of sp³-hybridized carbons (Fsp3) is 0. The van der Waals surface area contributed by atoms with Crippen LogP contribution in [0.25, 0.3) is 21.3 Å². The number of benzene rings is 1. The van der Waals surface area contributed by atoms with Crippen LogP contribution >= 0.6 is 11.3 Å². The van der Waals surface area contributed by atoms with E-state index in [1.807, 2.05) is 18.2 Å². The molecule has 3 amide bonds. The number of aromatic amines is 1. The van der Waals surface area contributed by atoms with Gasteiger partial charge < -0.3 is 16.5 Å². The molecule has 8 heteroatoms. The van der Waals surface area contributed by atoms with Gasteiger partial charge in [-0.05, 0) is 23.8 Å². The number of amides is 3. The van der Waals surface area contributed by atoms with Gasteiger partial charge in [0, 0.05) is 15.8 Å². The number of primary amides is 2. The molecule has 0 bridgehead atoms. The average Bonchev–Trinajstić information content (AvgIpc) is 3.09. The van der Waals surface area contributed by atoms with Gasteiger partial charge in [-0.3, -0.25) is 10.1 Å². The smallest absolute Gasteiger partial charge is 0.317 e. The number of hydrogen-bond acceptors (Lipinski definition) is 4. The summed E-state index contributed by atoms with van der Waals surface area (Å²) in [5, 5.41) is 11.8. The second-order valence-corrected chi connectivity index (χ2v) is 5.85. The molecule has 0 unspecified atom stereocenters. The van der Waals surface area contributed by atoms with Crippen LogP contribution in [0.15, 0.2) is 30.3 Å². The minimum absolute atomic E-state index is 0.168. The largest absolute Gasteiger partial charge is 0.365 e. The van der Waals surface area contributed by atoms with Crippen molar-refractivity contribution in [3.05, 3.63) is 40.8 Å². The molecule has 0 atom stereocenters. The summed E-state index contributed by atoms with van der Waals surface area (Å²) in [5.41, 5.74) is 12.2. The Morgan fingerprint density at radius 2 is 2.00 bits per heavy atom. The molecule has 0 aliphatic carbocycles. The first-order valence-corrected chi connectivity index (χ1v) is 7.33. The Balaban J connectivity index is 2.15. The number of carbonyl (C=O) groups is 2. The number of fused-ring (bicyclic) bond motifs is 1. The number of nitrogens with zero attached hydrogens (tertiary/aromatic N) is 1. The quantitative estimate of drug-likeness (QED) is 0.588. The van der Waals surface area contributed by atoms with Gasteiger partial charge in [0.25, 0.3) is 5.91 Å². The molecule has 1 aromatic carbocycles. The van der Waals surface area contributed by atoms with Crippen molar-refractivity contribution in [1.29, 1.82) is 5.26 Å². The van der Waals surface area contributed by atoms with E-state index in [9.17, 15) is 9.59 Å².